The van der Waals surface area contributed by atoms with Crippen molar-refractivity contribution in [2.24, 2.45) is 0 Å². The predicted molar refractivity (Wildman–Crippen MR) is 124 cm³/mol. The van der Waals surface area contributed by atoms with Crippen LogP contribution in [0.4, 0.5) is 5.69 Å². The fraction of sp³-hybridized carbons (Fsp3) is 0.120. The summed E-state index contributed by atoms with van der Waals surface area (Å²) in [5, 5.41) is 5.39. The monoisotopic (exact) mass is 448 g/mol. The topological polar surface area (TPSA) is 99.0 Å². The molecule has 2 aromatic carbocycles. The van der Waals surface area contributed by atoms with Crippen LogP contribution in [-0.4, -0.2) is 32.6 Å². The average Bonchev–Trinajstić information content (AvgIpc) is 3.35. The first-order valence-corrected chi connectivity index (χ1v) is 9.97. The lowest BCUT2D eigenvalue weighted by atomic mass is 10.1. The molecular formula is C25H24N2O6. The number of hydrogen-bond donors (Lipinski definition) is 2. The van der Waals surface area contributed by atoms with Gasteiger partial charge in [0.2, 0.25) is 0 Å². The van der Waals surface area contributed by atoms with E-state index < -0.39 is 11.8 Å². The zero-order valence-corrected chi connectivity index (χ0v) is 18.3. The number of hydrogen-bond acceptors (Lipinski definition) is 6. The Hall–Kier alpha value is -4.46. The molecule has 0 unspecified atom stereocenters. The minimum Gasteiger partial charge on any atom is -0.493 e. The van der Waals surface area contributed by atoms with Gasteiger partial charge < -0.3 is 29.3 Å². The van der Waals surface area contributed by atoms with Gasteiger partial charge >= 0.3 is 0 Å². The van der Waals surface area contributed by atoms with Gasteiger partial charge in [-0.2, -0.15) is 0 Å². The second-order valence-corrected chi connectivity index (χ2v) is 6.68. The molecule has 0 aliphatic carbocycles. The molecule has 1 aromatic heterocycles. The van der Waals surface area contributed by atoms with E-state index in [4.69, 9.17) is 18.6 Å². The van der Waals surface area contributed by atoms with Crippen LogP contribution in [0.25, 0.3) is 6.08 Å². The highest BCUT2D eigenvalue weighted by atomic mass is 16.5. The minimum atomic E-state index is -0.528. The SMILES string of the molecule is C=CCOc1ccc(NC(=O)/C(=C/c2ccco2)NC(=O)c2ccc(OC)c(OC)c2)cc1. The molecule has 2 N–H and O–H groups in total. The van der Waals surface area contributed by atoms with E-state index in [0.29, 0.717) is 35.3 Å². The number of furan rings is 1. The Morgan fingerprint density at radius 1 is 1.03 bits per heavy atom. The summed E-state index contributed by atoms with van der Waals surface area (Å²) < 4.78 is 21.2. The average molecular weight is 448 g/mol. The molecule has 8 nitrogen and oxygen atoms in total. The number of benzene rings is 2. The Bertz CT molecular complexity index is 1130. The number of ether oxygens (including phenoxy) is 3. The molecule has 8 heteroatoms. The zero-order valence-electron chi connectivity index (χ0n) is 18.3. The number of carbonyl (C=O) groups excluding carboxylic acids is 2. The van der Waals surface area contributed by atoms with Crippen LogP contribution in [0.5, 0.6) is 17.2 Å². The first-order valence-electron chi connectivity index (χ1n) is 9.97. The van der Waals surface area contributed by atoms with Gasteiger partial charge in [0.25, 0.3) is 11.8 Å². The molecule has 0 aliphatic rings. The molecule has 0 aliphatic heterocycles. The third kappa shape index (κ3) is 6.27. The van der Waals surface area contributed by atoms with Crippen LogP contribution in [0, 0.1) is 0 Å². The summed E-state index contributed by atoms with van der Waals surface area (Å²) in [6, 6.07) is 14.9. The minimum absolute atomic E-state index is 0.00304. The van der Waals surface area contributed by atoms with E-state index in [0.717, 1.165) is 0 Å². The molecule has 2 amide bonds. The van der Waals surface area contributed by atoms with Crippen molar-refractivity contribution in [3.05, 3.63) is 90.5 Å². The van der Waals surface area contributed by atoms with Crippen molar-refractivity contribution < 1.29 is 28.2 Å². The molecule has 3 rings (SSSR count). The van der Waals surface area contributed by atoms with Crippen molar-refractivity contribution in [2.45, 2.75) is 0 Å². The summed E-state index contributed by atoms with van der Waals surface area (Å²) in [5.41, 5.74) is 0.808. The summed E-state index contributed by atoms with van der Waals surface area (Å²) in [4.78, 5) is 25.8. The van der Waals surface area contributed by atoms with Crippen LogP contribution in [0.3, 0.4) is 0 Å². The lowest BCUT2D eigenvalue weighted by Gasteiger charge is -2.13. The van der Waals surface area contributed by atoms with Gasteiger partial charge in [-0.05, 0) is 54.6 Å². The number of rotatable bonds is 10. The highest BCUT2D eigenvalue weighted by molar-refractivity contribution is 6.10. The van der Waals surface area contributed by atoms with Gasteiger partial charge in [0.05, 0.1) is 20.5 Å². The molecule has 0 atom stereocenters. The van der Waals surface area contributed by atoms with Gasteiger partial charge in [-0.3, -0.25) is 9.59 Å². The molecule has 0 saturated carbocycles. The molecule has 170 valence electrons. The van der Waals surface area contributed by atoms with E-state index in [1.807, 2.05) is 0 Å². The van der Waals surface area contributed by atoms with Gasteiger partial charge in [0.15, 0.2) is 11.5 Å². The van der Waals surface area contributed by atoms with Gasteiger partial charge in [-0.1, -0.05) is 12.7 Å². The zero-order chi connectivity index (χ0) is 23.6. The van der Waals surface area contributed by atoms with Crippen molar-refractivity contribution in [1.82, 2.24) is 5.32 Å². The lowest BCUT2D eigenvalue weighted by Crippen LogP contribution is -2.30. The number of carbonyl (C=O) groups is 2. The smallest absolute Gasteiger partial charge is 0.272 e. The fourth-order valence-corrected chi connectivity index (χ4v) is 2.83. The molecule has 0 fully saturated rings. The largest absolute Gasteiger partial charge is 0.493 e. The normalized spacial score (nSPS) is 10.8. The fourth-order valence-electron chi connectivity index (χ4n) is 2.83. The van der Waals surface area contributed by atoms with Crippen LogP contribution < -0.4 is 24.8 Å². The summed E-state index contributed by atoms with van der Waals surface area (Å²) in [5.74, 6) is 0.891. The maximum Gasteiger partial charge on any atom is 0.272 e. The van der Waals surface area contributed by atoms with Crippen molar-refractivity contribution in [2.75, 3.05) is 26.1 Å². The van der Waals surface area contributed by atoms with Gasteiger partial charge in [0, 0.05) is 17.3 Å². The third-order valence-electron chi connectivity index (χ3n) is 4.45. The number of amides is 2. The van der Waals surface area contributed by atoms with Crippen LogP contribution in [0.2, 0.25) is 0 Å². The van der Waals surface area contributed by atoms with Crippen molar-refractivity contribution >= 4 is 23.6 Å². The molecule has 33 heavy (non-hydrogen) atoms. The maximum atomic E-state index is 13.0. The number of nitrogens with one attached hydrogen (secondary N) is 2. The summed E-state index contributed by atoms with van der Waals surface area (Å²) >= 11 is 0. The van der Waals surface area contributed by atoms with E-state index in [1.165, 1.54) is 32.6 Å². The van der Waals surface area contributed by atoms with E-state index in [9.17, 15) is 9.59 Å². The van der Waals surface area contributed by atoms with Gasteiger partial charge in [0.1, 0.15) is 23.8 Å². The van der Waals surface area contributed by atoms with Crippen LogP contribution in [0.15, 0.2) is 83.6 Å². The maximum absolute atomic E-state index is 13.0. The molecule has 0 bridgehead atoms. The van der Waals surface area contributed by atoms with Crippen molar-refractivity contribution in [1.29, 1.82) is 0 Å². The van der Waals surface area contributed by atoms with E-state index >= 15 is 0 Å². The second kappa shape index (κ2) is 11.2. The van der Waals surface area contributed by atoms with Crippen LogP contribution in [-0.2, 0) is 4.79 Å². The van der Waals surface area contributed by atoms with E-state index in [-0.39, 0.29) is 11.3 Å². The highest BCUT2D eigenvalue weighted by Gasteiger charge is 2.17. The Labute approximate surface area is 191 Å². The summed E-state index contributed by atoms with van der Waals surface area (Å²) in [7, 11) is 2.98. The third-order valence-corrected chi connectivity index (χ3v) is 4.45. The highest BCUT2D eigenvalue weighted by Crippen LogP contribution is 2.27. The van der Waals surface area contributed by atoms with Crippen LogP contribution >= 0.6 is 0 Å². The number of anilines is 1. The Balaban J connectivity index is 1.79. The first-order chi connectivity index (χ1) is 16.0. The van der Waals surface area contributed by atoms with Gasteiger partial charge in [-0.15, -0.1) is 0 Å². The van der Waals surface area contributed by atoms with E-state index in [1.54, 1.807) is 54.6 Å². The Kier molecular flexibility index (Phi) is 7.91. The second-order valence-electron chi connectivity index (χ2n) is 6.68. The lowest BCUT2D eigenvalue weighted by molar-refractivity contribution is -0.113. The molecule has 0 radical (unpaired) electrons. The Morgan fingerprint density at radius 3 is 2.42 bits per heavy atom. The molecular weight excluding hydrogens is 424 g/mol. The number of methoxy groups -OCH3 is 2. The molecule has 3 aromatic rings. The van der Waals surface area contributed by atoms with Crippen molar-refractivity contribution in [3.63, 3.8) is 0 Å². The summed E-state index contributed by atoms with van der Waals surface area (Å²) in [6.45, 7) is 3.98. The predicted octanol–water partition coefficient (Wildman–Crippen LogP) is 4.27. The Morgan fingerprint density at radius 2 is 1.79 bits per heavy atom. The van der Waals surface area contributed by atoms with Crippen LogP contribution in [0.1, 0.15) is 16.1 Å². The quantitative estimate of drug-likeness (QED) is 0.355. The molecule has 0 saturated heterocycles. The summed E-state index contributed by atoms with van der Waals surface area (Å²) in [6.07, 6.45) is 4.55. The van der Waals surface area contributed by atoms with E-state index in [2.05, 4.69) is 17.2 Å². The van der Waals surface area contributed by atoms with Crippen molar-refractivity contribution in [3.8, 4) is 17.2 Å². The standard InChI is InChI=1S/C25H24N2O6/c1-4-13-32-19-10-8-18(9-11-19)26-25(29)21(16-20-6-5-14-33-20)27-24(28)17-7-12-22(30-2)23(15-17)31-3/h4-12,14-16H,1,13H2,2-3H3,(H,26,29)(H,27,28)/b21-16-. The first kappa shape index (κ1) is 23.2. The van der Waals surface area contributed by atoms with Gasteiger partial charge in [-0.25, -0.2) is 0 Å². The molecule has 0 spiro atoms. The molecule has 1 heterocycles.